The monoisotopic (exact) mass is 383 g/mol. The van der Waals surface area contributed by atoms with E-state index in [0.717, 1.165) is 5.39 Å². The highest BCUT2D eigenvalue weighted by Crippen LogP contribution is 2.28. The Hall–Kier alpha value is -3.36. The van der Waals surface area contributed by atoms with Crippen molar-refractivity contribution in [1.82, 2.24) is 19.3 Å². The molecule has 0 spiro atoms. The molecule has 1 aliphatic rings. The van der Waals surface area contributed by atoms with Crippen LogP contribution in [-0.4, -0.2) is 58.5 Å². The summed E-state index contributed by atoms with van der Waals surface area (Å²) in [7, 11) is 2.95. The topological polar surface area (TPSA) is 112 Å². The van der Waals surface area contributed by atoms with Gasteiger partial charge in [-0.1, -0.05) is 6.07 Å². The van der Waals surface area contributed by atoms with Crippen LogP contribution in [0.4, 0.5) is 5.95 Å². The zero-order valence-electron chi connectivity index (χ0n) is 15.7. The van der Waals surface area contributed by atoms with E-state index >= 15 is 0 Å². The molecule has 0 bridgehead atoms. The zero-order chi connectivity index (χ0) is 19.8. The number of hydrogen-bond donors (Lipinski definition) is 1. The van der Waals surface area contributed by atoms with E-state index in [1.165, 1.54) is 7.11 Å². The molecule has 9 heteroatoms. The zero-order valence-corrected chi connectivity index (χ0v) is 15.7. The Morgan fingerprint density at radius 2 is 1.93 bits per heavy atom. The van der Waals surface area contributed by atoms with Gasteiger partial charge in [0, 0.05) is 24.7 Å². The lowest BCUT2D eigenvalue weighted by Gasteiger charge is -2.30. The number of imidazole rings is 1. The summed E-state index contributed by atoms with van der Waals surface area (Å²) in [6.07, 6.45) is 2.76. The van der Waals surface area contributed by atoms with E-state index in [1.54, 1.807) is 28.7 Å². The summed E-state index contributed by atoms with van der Waals surface area (Å²) in [5, 5.41) is 0.747. The number of aromatic nitrogens is 3. The molecule has 9 nitrogen and oxygen atoms in total. The van der Waals surface area contributed by atoms with Crippen LogP contribution in [0.15, 0.2) is 24.4 Å². The van der Waals surface area contributed by atoms with E-state index in [1.807, 2.05) is 12.1 Å². The number of benzene rings is 1. The Kier molecular flexibility index (Phi) is 4.50. The molecule has 2 N–H and O–H groups in total. The number of rotatable bonds is 3. The number of nitrogens with zero attached hydrogens (tertiary/aromatic N) is 4. The molecular formula is C19H21N5O4. The average molecular weight is 383 g/mol. The van der Waals surface area contributed by atoms with Gasteiger partial charge in [0.25, 0.3) is 5.91 Å². The minimum absolute atomic E-state index is 0.161. The van der Waals surface area contributed by atoms with Gasteiger partial charge in [-0.3, -0.25) is 14.0 Å². The lowest BCUT2D eigenvalue weighted by molar-refractivity contribution is -0.146. The number of likely N-dealkylation sites (tertiary alicyclic amines) is 1. The summed E-state index contributed by atoms with van der Waals surface area (Å²) in [6.45, 7) is 0.962. The van der Waals surface area contributed by atoms with Crippen molar-refractivity contribution < 1.29 is 19.1 Å². The summed E-state index contributed by atoms with van der Waals surface area (Å²) in [6, 6.07) is 5.50. The number of esters is 1. The van der Waals surface area contributed by atoms with Gasteiger partial charge in [-0.15, -0.1) is 0 Å². The fourth-order valence-electron chi connectivity index (χ4n) is 3.65. The van der Waals surface area contributed by atoms with Gasteiger partial charge >= 0.3 is 5.97 Å². The van der Waals surface area contributed by atoms with Gasteiger partial charge in [0.15, 0.2) is 0 Å². The van der Waals surface area contributed by atoms with Crippen LogP contribution < -0.4 is 10.5 Å². The van der Waals surface area contributed by atoms with E-state index in [-0.39, 0.29) is 23.7 Å². The van der Waals surface area contributed by atoms with Crippen molar-refractivity contribution in [3.63, 3.8) is 0 Å². The molecule has 146 valence electrons. The van der Waals surface area contributed by atoms with Gasteiger partial charge < -0.3 is 20.1 Å². The van der Waals surface area contributed by atoms with E-state index < -0.39 is 0 Å². The Morgan fingerprint density at radius 1 is 1.18 bits per heavy atom. The second-order valence-electron chi connectivity index (χ2n) is 6.74. The Bertz CT molecular complexity index is 1070. The molecule has 2 aromatic heterocycles. The fourth-order valence-corrected chi connectivity index (χ4v) is 3.65. The molecule has 1 amide bonds. The van der Waals surface area contributed by atoms with Crippen molar-refractivity contribution in [2.45, 2.75) is 12.8 Å². The van der Waals surface area contributed by atoms with Crippen LogP contribution in [0, 0.1) is 5.92 Å². The van der Waals surface area contributed by atoms with Crippen LogP contribution in [0.2, 0.25) is 0 Å². The third kappa shape index (κ3) is 2.88. The smallest absolute Gasteiger partial charge is 0.308 e. The Morgan fingerprint density at radius 3 is 2.61 bits per heavy atom. The van der Waals surface area contributed by atoms with Gasteiger partial charge in [0.1, 0.15) is 22.6 Å². The first-order chi connectivity index (χ1) is 13.5. The second kappa shape index (κ2) is 6.99. The van der Waals surface area contributed by atoms with Gasteiger partial charge in [-0.05, 0) is 25.0 Å². The van der Waals surface area contributed by atoms with Gasteiger partial charge in [-0.2, -0.15) is 0 Å². The molecule has 0 saturated carbocycles. The molecule has 0 aliphatic carbocycles. The minimum Gasteiger partial charge on any atom is -0.494 e. The predicted molar refractivity (Wildman–Crippen MR) is 102 cm³/mol. The van der Waals surface area contributed by atoms with Crippen molar-refractivity contribution in [3.05, 3.63) is 30.1 Å². The van der Waals surface area contributed by atoms with E-state index in [4.69, 9.17) is 15.2 Å². The highest BCUT2D eigenvalue weighted by atomic mass is 16.5. The molecule has 1 saturated heterocycles. The van der Waals surface area contributed by atoms with Crippen LogP contribution in [0.3, 0.4) is 0 Å². The molecule has 0 radical (unpaired) electrons. The number of ether oxygens (including phenoxy) is 2. The van der Waals surface area contributed by atoms with Crippen molar-refractivity contribution in [3.8, 4) is 5.75 Å². The van der Waals surface area contributed by atoms with Crippen molar-refractivity contribution in [2.75, 3.05) is 33.0 Å². The molecule has 4 rings (SSSR count). The summed E-state index contributed by atoms with van der Waals surface area (Å²) >= 11 is 0. The Balaban J connectivity index is 1.67. The molecule has 3 aromatic rings. The normalized spacial score (nSPS) is 15.1. The van der Waals surface area contributed by atoms with Gasteiger partial charge in [-0.25, -0.2) is 9.97 Å². The largest absolute Gasteiger partial charge is 0.494 e. The van der Waals surface area contributed by atoms with Crippen molar-refractivity contribution in [1.29, 1.82) is 0 Å². The average Bonchev–Trinajstić information content (AvgIpc) is 3.19. The number of carbonyl (C=O) groups is 2. The molecular weight excluding hydrogens is 362 g/mol. The molecule has 28 heavy (non-hydrogen) atoms. The molecule has 0 unspecified atom stereocenters. The van der Waals surface area contributed by atoms with Crippen molar-refractivity contribution in [2.24, 2.45) is 5.92 Å². The van der Waals surface area contributed by atoms with E-state index in [2.05, 4.69) is 9.97 Å². The number of piperidine rings is 1. The standard InChI is InChI=1S/C19H21N5O4/c1-27-14-5-3-4-12-15(14)22-19(20)24-10-13(21-16(12)24)17(25)23-8-6-11(7-9-23)18(26)28-2/h3-5,10-11H,6-9H2,1-2H3,(H2,20,22). The summed E-state index contributed by atoms with van der Waals surface area (Å²) in [5.74, 6) is 0.239. The lowest BCUT2D eigenvalue weighted by Crippen LogP contribution is -2.40. The second-order valence-corrected chi connectivity index (χ2v) is 6.74. The number of hydrogen-bond acceptors (Lipinski definition) is 7. The molecule has 1 aliphatic heterocycles. The SMILES string of the molecule is COC(=O)C1CCN(C(=O)c2cn3c(N)nc4c(OC)cccc4c3n2)CC1. The maximum Gasteiger partial charge on any atom is 0.308 e. The van der Waals surface area contributed by atoms with Gasteiger partial charge in [0.2, 0.25) is 5.95 Å². The number of para-hydroxylation sites is 1. The number of carbonyl (C=O) groups excluding carboxylic acids is 2. The van der Waals surface area contributed by atoms with E-state index in [9.17, 15) is 9.59 Å². The number of methoxy groups -OCH3 is 2. The maximum absolute atomic E-state index is 12.9. The molecule has 0 atom stereocenters. The van der Waals surface area contributed by atoms with Crippen molar-refractivity contribution >= 4 is 34.4 Å². The van der Waals surface area contributed by atoms with Crippen LogP contribution in [0.25, 0.3) is 16.6 Å². The maximum atomic E-state index is 12.9. The third-order valence-electron chi connectivity index (χ3n) is 5.17. The van der Waals surface area contributed by atoms with Gasteiger partial charge in [0.05, 0.1) is 20.1 Å². The minimum atomic E-state index is -0.223. The molecule has 3 heterocycles. The third-order valence-corrected chi connectivity index (χ3v) is 5.17. The van der Waals surface area contributed by atoms with Crippen LogP contribution in [0.1, 0.15) is 23.3 Å². The summed E-state index contributed by atoms with van der Waals surface area (Å²) in [5.41, 5.74) is 7.52. The number of amides is 1. The number of nitrogens with two attached hydrogens (primary N) is 1. The summed E-state index contributed by atoms with van der Waals surface area (Å²) < 4.78 is 11.8. The summed E-state index contributed by atoms with van der Waals surface area (Å²) in [4.78, 5) is 35.2. The first-order valence-electron chi connectivity index (χ1n) is 9.02. The molecule has 1 fully saturated rings. The van der Waals surface area contributed by atoms with E-state index in [0.29, 0.717) is 48.5 Å². The fraction of sp³-hybridized carbons (Fsp3) is 0.368. The number of nitrogen functional groups attached to an aromatic ring is 1. The first kappa shape index (κ1) is 18.0. The number of anilines is 1. The van der Waals surface area contributed by atoms with Crippen LogP contribution in [-0.2, 0) is 9.53 Å². The number of fused-ring (bicyclic) bond motifs is 3. The lowest BCUT2D eigenvalue weighted by atomic mass is 9.97. The first-order valence-corrected chi connectivity index (χ1v) is 9.02. The highest BCUT2D eigenvalue weighted by molar-refractivity contribution is 5.99. The Labute approximate surface area is 161 Å². The highest BCUT2D eigenvalue weighted by Gasteiger charge is 2.29. The quantitative estimate of drug-likeness (QED) is 0.682. The molecule has 1 aromatic carbocycles. The predicted octanol–water partition coefficient (Wildman–Crippen LogP) is 1.50. The van der Waals surface area contributed by atoms with Crippen LogP contribution in [0.5, 0.6) is 5.75 Å². The van der Waals surface area contributed by atoms with Crippen LogP contribution >= 0.6 is 0 Å².